The lowest BCUT2D eigenvalue weighted by Crippen LogP contribution is -2.48. The molecule has 5 rings (SSSR count). The first-order chi connectivity index (χ1) is 22.9. The number of benzene rings is 4. The van der Waals surface area contributed by atoms with Crippen molar-refractivity contribution in [2.24, 2.45) is 10.1 Å². The minimum atomic E-state index is -1.55. The molecule has 1 amide bonds. The Hall–Kier alpha value is -5.51. The third kappa shape index (κ3) is 8.02. The van der Waals surface area contributed by atoms with Gasteiger partial charge in [-0.15, -0.1) is 0 Å². The largest absolute Gasteiger partial charge is 0.494 e. The summed E-state index contributed by atoms with van der Waals surface area (Å²) in [5.74, 6) is -1.69. The van der Waals surface area contributed by atoms with Crippen LogP contribution < -0.4 is 10.1 Å². The summed E-state index contributed by atoms with van der Waals surface area (Å²) in [6, 6.07) is 27.3. The van der Waals surface area contributed by atoms with Crippen molar-refractivity contribution in [1.82, 2.24) is 5.32 Å². The van der Waals surface area contributed by atoms with E-state index in [1.165, 1.54) is 6.07 Å². The molecule has 0 saturated heterocycles. The molecule has 1 aliphatic heterocycles. The molecule has 0 aliphatic carbocycles. The average molecular weight is 638 g/mol. The maximum absolute atomic E-state index is 14.4. The molecule has 1 aliphatic rings. The minimum Gasteiger partial charge on any atom is -0.494 e. The Kier molecular flexibility index (Phi) is 11.0. The number of hydrogen-bond donors (Lipinski definition) is 2. The summed E-state index contributed by atoms with van der Waals surface area (Å²) in [6.45, 7) is 0.308. The van der Waals surface area contributed by atoms with Gasteiger partial charge in [-0.25, -0.2) is 13.8 Å². The second-order valence-electron chi connectivity index (χ2n) is 10.8. The lowest BCUT2D eigenvalue weighted by Gasteiger charge is -2.31. The Morgan fingerprint density at radius 1 is 1.04 bits per heavy atom. The molecule has 0 saturated carbocycles. The number of halogens is 2. The summed E-state index contributed by atoms with van der Waals surface area (Å²) in [7, 11) is 0. The predicted octanol–water partition coefficient (Wildman–Crippen LogP) is 7.21. The van der Waals surface area contributed by atoms with Gasteiger partial charge in [0, 0.05) is 36.5 Å². The summed E-state index contributed by atoms with van der Waals surface area (Å²) in [5.41, 5.74) is 10.7. The molecule has 0 fully saturated rings. The van der Waals surface area contributed by atoms with Crippen LogP contribution in [0, 0.1) is 11.6 Å². The standard InChI is InChI=1S/C36H33F2N5O4/c37-31-18-13-26(22-32(31)38)23-40-35(45)36(19-6-10-25-8-2-1-3-9-25)33(30-12-5-4-11-28(30)24-41-43-39)47-34(42-36)27-14-16-29(17-15-27)46-21-7-20-44/h1-6,8-18,22,33,44H,7,19-21,23-24H2,(H,40,45)/b10-6+/t33-,36-/m1/s1. The quantitative estimate of drug-likeness (QED) is 0.0655. The molecule has 11 heteroatoms. The molecule has 0 radical (unpaired) electrons. The van der Waals surface area contributed by atoms with E-state index in [-0.39, 0.29) is 32.0 Å². The molecule has 1 heterocycles. The lowest BCUT2D eigenvalue weighted by atomic mass is 9.82. The van der Waals surface area contributed by atoms with Crippen molar-refractivity contribution in [2.75, 3.05) is 13.2 Å². The van der Waals surface area contributed by atoms with Gasteiger partial charge in [-0.05, 0) is 64.2 Å². The fraction of sp³-hybridized carbons (Fsp3) is 0.222. The first-order valence-corrected chi connectivity index (χ1v) is 15.1. The number of aliphatic imine (C=N–C) groups is 1. The molecule has 4 aromatic carbocycles. The van der Waals surface area contributed by atoms with Crippen molar-refractivity contribution >= 4 is 17.9 Å². The lowest BCUT2D eigenvalue weighted by molar-refractivity contribution is -0.129. The number of aliphatic hydroxyl groups excluding tert-OH is 1. The van der Waals surface area contributed by atoms with Crippen LogP contribution in [0.4, 0.5) is 8.78 Å². The second kappa shape index (κ2) is 15.7. The van der Waals surface area contributed by atoms with Crippen LogP contribution in [-0.4, -0.2) is 35.7 Å². The van der Waals surface area contributed by atoms with E-state index >= 15 is 0 Å². The van der Waals surface area contributed by atoms with Gasteiger partial charge in [0.15, 0.2) is 23.3 Å². The van der Waals surface area contributed by atoms with Gasteiger partial charge < -0.3 is 19.9 Å². The van der Waals surface area contributed by atoms with E-state index in [0.717, 1.165) is 17.7 Å². The number of carbonyl (C=O) groups excluding carboxylic acids is 1. The number of hydrogen-bond acceptors (Lipinski definition) is 6. The van der Waals surface area contributed by atoms with Gasteiger partial charge in [-0.1, -0.05) is 77.9 Å². The van der Waals surface area contributed by atoms with E-state index in [0.29, 0.717) is 41.0 Å². The molecule has 0 spiro atoms. The Morgan fingerprint density at radius 3 is 2.55 bits per heavy atom. The number of rotatable bonds is 14. The topological polar surface area (TPSA) is 129 Å². The third-order valence-corrected chi connectivity index (χ3v) is 7.65. The Morgan fingerprint density at radius 2 is 1.81 bits per heavy atom. The number of azide groups is 1. The summed E-state index contributed by atoms with van der Waals surface area (Å²) >= 11 is 0. The fourth-order valence-electron chi connectivity index (χ4n) is 5.26. The second-order valence-corrected chi connectivity index (χ2v) is 10.8. The van der Waals surface area contributed by atoms with Crippen LogP contribution in [-0.2, 0) is 22.6 Å². The van der Waals surface area contributed by atoms with Crippen LogP contribution in [0.15, 0.2) is 113 Å². The van der Waals surface area contributed by atoms with E-state index in [2.05, 4.69) is 15.3 Å². The molecule has 240 valence electrons. The molecule has 2 N–H and O–H groups in total. The number of amides is 1. The van der Waals surface area contributed by atoms with E-state index in [9.17, 15) is 13.6 Å². The van der Waals surface area contributed by atoms with E-state index in [1.54, 1.807) is 42.5 Å². The molecular weight excluding hydrogens is 604 g/mol. The van der Waals surface area contributed by atoms with Crippen molar-refractivity contribution in [1.29, 1.82) is 0 Å². The molecule has 9 nitrogen and oxygen atoms in total. The summed E-state index contributed by atoms with van der Waals surface area (Å²) in [5, 5.41) is 15.7. The molecule has 0 bridgehead atoms. The van der Waals surface area contributed by atoms with Gasteiger partial charge in [0.05, 0.1) is 13.2 Å². The van der Waals surface area contributed by atoms with Gasteiger partial charge in [-0.3, -0.25) is 4.79 Å². The van der Waals surface area contributed by atoms with E-state index < -0.39 is 29.2 Å². The van der Waals surface area contributed by atoms with Crippen LogP contribution in [0.2, 0.25) is 0 Å². The van der Waals surface area contributed by atoms with Crippen molar-refractivity contribution in [3.05, 3.63) is 153 Å². The minimum absolute atomic E-state index is 0.0181. The number of nitrogens with one attached hydrogen (secondary N) is 1. The van der Waals surface area contributed by atoms with Crippen LogP contribution in [0.25, 0.3) is 16.5 Å². The highest BCUT2D eigenvalue weighted by molar-refractivity contribution is 6.01. The van der Waals surface area contributed by atoms with Crippen molar-refractivity contribution < 1.29 is 28.2 Å². The van der Waals surface area contributed by atoms with Crippen LogP contribution in [0.5, 0.6) is 5.75 Å². The molecule has 0 unspecified atom stereocenters. The summed E-state index contributed by atoms with van der Waals surface area (Å²) in [6.07, 6.45) is 3.39. The number of ether oxygens (including phenoxy) is 2. The van der Waals surface area contributed by atoms with Gasteiger partial charge in [0.25, 0.3) is 5.91 Å². The number of carbonyl (C=O) groups is 1. The Labute approximate surface area is 270 Å². The number of aliphatic hydroxyl groups is 1. The first-order valence-electron chi connectivity index (χ1n) is 15.1. The molecular formula is C36H33F2N5O4. The molecule has 2 atom stereocenters. The highest BCUT2D eigenvalue weighted by atomic mass is 19.2. The van der Waals surface area contributed by atoms with Crippen molar-refractivity contribution in [3.8, 4) is 5.75 Å². The van der Waals surface area contributed by atoms with E-state index in [1.807, 2.05) is 48.6 Å². The summed E-state index contributed by atoms with van der Waals surface area (Å²) < 4.78 is 39.8. The molecule has 47 heavy (non-hydrogen) atoms. The van der Waals surface area contributed by atoms with Crippen LogP contribution in [0.1, 0.15) is 46.8 Å². The van der Waals surface area contributed by atoms with E-state index in [4.69, 9.17) is 25.1 Å². The first kappa shape index (κ1) is 32.9. The maximum atomic E-state index is 14.4. The van der Waals surface area contributed by atoms with Gasteiger partial charge in [0.1, 0.15) is 5.75 Å². The normalized spacial score (nSPS) is 17.1. The van der Waals surface area contributed by atoms with Crippen molar-refractivity contribution in [3.63, 3.8) is 0 Å². The summed E-state index contributed by atoms with van der Waals surface area (Å²) in [4.78, 5) is 22.3. The number of nitrogens with zero attached hydrogens (tertiary/aromatic N) is 4. The fourth-order valence-corrected chi connectivity index (χ4v) is 5.26. The van der Waals surface area contributed by atoms with Gasteiger partial charge >= 0.3 is 0 Å². The molecule has 0 aromatic heterocycles. The Bertz CT molecular complexity index is 1790. The average Bonchev–Trinajstić information content (AvgIpc) is 3.49. The maximum Gasteiger partial charge on any atom is 0.252 e. The zero-order valence-electron chi connectivity index (χ0n) is 25.4. The zero-order chi connectivity index (χ0) is 33.1. The third-order valence-electron chi connectivity index (χ3n) is 7.65. The highest BCUT2D eigenvalue weighted by Crippen LogP contribution is 2.44. The van der Waals surface area contributed by atoms with Gasteiger partial charge in [0.2, 0.25) is 5.90 Å². The van der Waals surface area contributed by atoms with Crippen LogP contribution >= 0.6 is 0 Å². The smallest absolute Gasteiger partial charge is 0.252 e. The Balaban J connectivity index is 1.57. The highest BCUT2D eigenvalue weighted by Gasteiger charge is 2.53. The van der Waals surface area contributed by atoms with Crippen molar-refractivity contribution in [2.45, 2.75) is 37.6 Å². The monoisotopic (exact) mass is 637 g/mol. The molecule has 4 aromatic rings. The van der Waals surface area contributed by atoms with Crippen LogP contribution in [0.3, 0.4) is 0 Å². The SMILES string of the molecule is [N-]=[N+]=NCc1ccccc1[C@H]1OC(c2ccc(OCCCO)cc2)=N[C@@]1(C/C=C/c1ccccc1)C(=O)NCc1ccc(F)c(F)c1. The zero-order valence-corrected chi connectivity index (χ0v) is 25.4. The predicted molar refractivity (Wildman–Crippen MR) is 174 cm³/mol. The van der Waals surface area contributed by atoms with Gasteiger partial charge in [-0.2, -0.15) is 0 Å².